The van der Waals surface area contributed by atoms with Gasteiger partial charge in [-0.2, -0.15) is 0 Å². The van der Waals surface area contributed by atoms with Crippen LogP contribution in [0.1, 0.15) is 12.7 Å². The highest BCUT2D eigenvalue weighted by Crippen LogP contribution is 2.27. The van der Waals surface area contributed by atoms with E-state index in [9.17, 15) is 4.79 Å². The largest absolute Gasteiger partial charge is 0.467 e. The minimum Gasteiger partial charge on any atom is -0.467 e. The zero-order chi connectivity index (χ0) is 19.1. The predicted molar refractivity (Wildman–Crippen MR) is 103 cm³/mol. The summed E-state index contributed by atoms with van der Waals surface area (Å²) in [6, 6.07) is 13.6. The number of nitrogens with one attached hydrogen (secondary N) is 1. The van der Waals surface area contributed by atoms with Crippen LogP contribution in [0, 0.1) is 0 Å². The van der Waals surface area contributed by atoms with Crippen LogP contribution in [-0.2, 0) is 16.1 Å². The van der Waals surface area contributed by atoms with Crippen molar-refractivity contribution < 1.29 is 13.9 Å². The van der Waals surface area contributed by atoms with Gasteiger partial charge in [0.1, 0.15) is 5.76 Å². The van der Waals surface area contributed by atoms with Gasteiger partial charge in [-0.25, -0.2) is 0 Å². The van der Waals surface area contributed by atoms with Crippen molar-refractivity contribution in [3.05, 3.63) is 54.5 Å². The highest BCUT2D eigenvalue weighted by atomic mass is 32.2. The Morgan fingerprint density at radius 1 is 1.26 bits per heavy atom. The van der Waals surface area contributed by atoms with Crippen LogP contribution < -0.4 is 5.32 Å². The number of ether oxygens (including phenoxy) is 1. The van der Waals surface area contributed by atoms with Crippen LogP contribution in [0.2, 0.25) is 0 Å². The number of thioether (sulfide) groups is 1. The molecule has 1 N–H and O–H groups in total. The summed E-state index contributed by atoms with van der Waals surface area (Å²) in [6.45, 7) is 3.30. The molecule has 1 amide bonds. The van der Waals surface area contributed by atoms with Gasteiger partial charge in [-0.15, -0.1) is 10.2 Å². The van der Waals surface area contributed by atoms with Gasteiger partial charge in [-0.1, -0.05) is 42.1 Å². The Bertz CT molecular complexity index is 849. The second-order valence-corrected chi connectivity index (χ2v) is 7.19. The molecule has 7 nitrogen and oxygen atoms in total. The molecule has 0 fully saturated rings. The van der Waals surface area contributed by atoms with E-state index in [1.54, 1.807) is 13.4 Å². The highest BCUT2D eigenvalue weighted by Gasteiger charge is 2.21. The SMILES string of the molecule is COCCNC(=O)[C@H](C)Sc1nnc(-c2ccccc2)n1Cc1ccco1. The maximum atomic E-state index is 12.3. The molecule has 3 aromatic rings. The fraction of sp³-hybridized carbons (Fsp3) is 0.316. The molecule has 0 spiro atoms. The molecule has 0 saturated heterocycles. The summed E-state index contributed by atoms with van der Waals surface area (Å²) in [4.78, 5) is 12.3. The molecule has 2 aromatic heterocycles. The summed E-state index contributed by atoms with van der Waals surface area (Å²) >= 11 is 1.37. The first-order valence-corrected chi connectivity index (χ1v) is 9.51. The Balaban J connectivity index is 1.82. The third-order valence-corrected chi connectivity index (χ3v) is 4.98. The smallest absolute Gasteiger partial charge is 0.233 e. The van der Waals surface area contributed by atoms with Crippen LogP contribution in [0.3, 0.4) is 0 Å². The molecule has 0 saturated carbocycles. The molecule has 142 valence electrons. The molecule has 27 heavy (non-hydrogen) atoms. The van der Waals surface area contributed by atoms with Gasteiger partial charge in [0.05, 0.1) is 24.7 Å². The van der Waals surface area contributed by atoms with E-state index in [1.165, 1.54) is 11.8 Å². The van der Waals surface area contributed by atoms with Crippen molar-refractivity contribution in [3.8, 4) is 11.4 Å². The Hall–Kier alpha value is -2.58. The van der Waals surface area contributed by atoms with Crippen molar-refractivity contribution in [1.82, 2.24) is 20.1 Å². The van der Waals surface area contributed by atoms with Crippen molar-refractivity contribution in [3.63, 3.8) is 0 Å². The first kappa shape index (κ1) is 19.2. The lowest BCUT2D eigenvalue weighted by Crippen LogP contribution is -2.33. The number of benzene rings is 1. The second kappa shape index (κ2) is 9.38. The zero-order valence-electron chi connectivity index (χ0n) is 15.3. The fourth-order valence-corrected chi connectivity index (χ4v) is 3.38. The van der Waals surface area contributed by atoms with E-state index in [2.05, 4.69) is 15.5 Å². The average molecular weight is 386 g/mol. The molecule has 0 aliphatic carbocycles. The van der Waals surface area contributed by atoms with Crippen molar-refractivity contribution in [2.24, 2.45) is 0 Å². The van der Waals surface area contributed by atoms with Crippen molar-refractivity contribution in [1.29, 1.82) is 0 Å². The Morgan fingerprint density at radius 2 is 2.07 bits per heavy atom. The summed E-state index contributed by atoms with van der Waals surface area (Å²) in [7, 11) is 1.60. The number of carbonyl (C=O) groups is 1. The number of amides is 1. The third kappa shape index (κ3) is 4.99. The predicted octanol–water partition coefficient (Wildman–Crippen LogP) is 2.83. The van der Waals surface area contributed by atoms with E-state index in [4.69, 9.17) is 9.15 Å². The van der Waals surface area contributed by atoms with Gasteiger partial charge in [0.25, 0.3) is 0 Å². The van der Waals surface area contributed by atoms with E-state index in [1.807, 2.05) is 54.0 Å². The van der Waals surface area contributed by atoms with Crippen molar-refractivity contribution >= 4 is 17.7 Å². The average Bonchev–Trinajstić information content (AvgIpc) is 3.33. The van der Waals surface area contributed by atoms with Gasteiger partial charge in [-0.05, 0) is 19.1 Å². The maximum Gasteiger partial charge on any atom is 0.233 e. The number of rotatable bonds is 9. The molecular formula is C19H22N4O3S. The van der Waals surface area contributed by atoms with Gasteiger partial charge in [0.2, 0.25) is 5.91 Å². The van der Waals surface area contributed by atoms with Gasteiger partial charge >= 0.3 is 0 Å². The summed E-state index contributed by atoms with van der Waals surface area (Å²) < 4.78 is 12.4. The first-order valence-electron chi connectivity index (χ1n) is 8.63. The molecule has 1 atom stereocenters. The van der Waals surface area contributed by atoms with Gasteiger partial charge < -0.3 is 14.5 Å². The lowest BCUT2D eigenvalue weighted by Gasteiger charge is -2.13. The van der Waals surface area contributed by atoms with Gasteiger partial charge in [0.15, 0.2) is 11.0 Å². The quantitative estimate of drug-likeness (QED) is 0.450. The monoisotopic (exact) mass is 386 g/mol. The van der Waals surface area contributed by atoms with Gasteiger partial charge in [0, 0.05) is 19.2 Å². The minimum atomic E-state index is -0.315. The van der Waals surface area contributed by atoms with Crippen molar-refractivity contribution in [2.45, 2.75) is 23.9 Å². The molecule has 0 radical (unpaired) electrons. The van der Waals surface area contributed by atoms with Crippen LogP contribution in [0.5, 0.6) is 0 Å². The normalized spacial score (nSPS) is 12.1. The van der Waals surface area contributed by atoms with E-state index >= 15 is 0 Å². The number of carbonyl (C=O) groups excluding carboxylic acids is 1. The number of nitrogens with zero attached hydrogens (tertiary/aromatic N) is 3. The van der Waals surface area contributed by atoms with Crippen LogP contribution in [0.4, 0.5) is 0 Å². The molecular weight excluding hydrogens is 364 g/mol. The number of hydrogen-bond acceptors (Lipinski definition) is 6. The molecule has 2 heterocycles. The van der Waals surface area contributed by atoms with E-state index in [0.29, 0.717) is 24.9 Å². The molecule has 0 bridgehead atoms. The molecule has 8 heteroatoms. The lowest BCUT2D eigenvalue weighted by atomic mass is 10.2. The summed E-state index contributed by atoms with van der Waals surface area (Å²) in [5, 5.41) is 11.9. The van der Waals surface area contributed by atoms with Crippen LogP contribution in [-0.4, -0.2) is 46.2 Å². The van der Waals surface area contributed by atoms with Crippen molar-refractivity contribution in [2.75, 3.05) is 20.3 Å². The van der Waals surface area contributed by atoms with Crippen LogP contribution >= 0.6 is 11.8 Å². The Morgan fingerprint density at radius 3 is 2.78 bits per heavy atom. The maximum absolute atomic E-state index is 12.3. The van der Waals surface area contributed by atoms with Gasteiger partial charge in [-0.3, -0.25) is 9.36 Å². The Kier molecular flexibility index (Phi) is 6.67. The first-order chi connectivity index (χ1) is 13.2. The topological polar surface area (TPSA) is 82.2 Å². The minimum absolute atomic E-state index is 0.0640. The second-order valence-electron chi connectivity index (χ2n) is 5.88. The number of aromatic nitrogens is 3. The molecule has 0 unspecified atom stereocenters. The van der Waals surface area contributed by atoms with E-state index in [-0.39, 0.29) is 11.2 Å². The lowest BCUT2D eigenvalue weighted by molar-refractivity contribution is -0.120. The molecule has 1 aromatic carbocycles. The number of methoxy groups -OCH3 is 1. The molecule has 0 aliphatic rings. The van der Waals surface area contributed by atoms with Crippen LogP contribution in [0.15, 0.2) is 58.3 Å². The van der Waals surface area contributed by atoms with E-state index in [0.717, 1.165) is 17.1 Å². The summed E-state index contributed by atoms with van der Waals surface area (Å²) in [6.07, 6.45) is 1.64. The standard InChI is InChI=1S/C19H22N4O3S/c1-14(18(24)20-10-12-25-2)27-19-22-21-17(15-7-4-3-5-8-15)23(19)13-16-9-6-11-26-16/h3-9,11,14H,10,12-13H2,1-2H3,(H,20,24)/t14-/m0/s1. The zero-order valence-corrected chi connectivity index (χ0v) is 16.1. The summed E-state index contributed by atoms with van der Waals surface area (Å²) in [5.41, 5.74) is 0.959. The summed E-state index contributed by atoms with van der Waals surface area (Å²) in [5.74, 6) is 1.47. The number of hydrogen-bond donors (Lipinski definition) is 1. The molecule has 3 rings (SSSR count). The third-order valence-electron chi connectivity index (χ3n) is 3.90. The highest BCUT2D eigenvalue weighted by molar-refractivity contribution is 8.00. The number of furan rings is 1. The Labute approximate surface area is 162 Å². The van der Waals surface area contributed by atoms with E-state index < -0.39 is 0 Å². The fourth-order valence-electron chi connectivity index (χ4n) is 2.51. The molecule has 0 aliphatic heterocycles. The van der Waals surface area contributed by atoms with Crippen LogP contribution in [0.25, 0.3) is 11.4 Å².